The second kappa shape index (κ2) is 3.47. The van der Waals surface area contributed by atoms with Crippen molar-refractivity contribution in [1.82, 2.24) is 0 Å². The molecule has 0 spiro atoms. The number of nitrogen functional groups attached to an aromatic ring is 1. The Bertz CT molecular complexity index is 277. The van der Waals surface area contributed by atoms with E-state index in [4.69, 9.17) is 20.5 Å². The Morgan fingerprint density at radius 2 is 2.08 bits per heavy atom. The summed E-state index contributed by atoms with van der Waals surface area (Å²) in [4.78, 5) is 0. The second-order valence-electron chi connectivity index (χ2n) is 2.38. The van der Waals surface area contributed by atoms with E-state index in [-0.39, 0.29) is 0 Å². The highest BCUT2D eigenvalue weighted by Crippen LogP contribution is 2.17. The van der Waals surface area contributed by atoms with E-state index in [1.54, 1.807) is 6.07 Å². The SMILES string of the molecule is COc1cc(B(O)O)ccc1N. The summed E-state index contributed by atoms with van der Waals surface area (Å²) in [5.74, 6) is 0.445. The molecule has 1 aromatic rings. The van der Waals surface area contributed by atoms with Crippen molar-refractivity contribution >= 4 is 18.3 Å². The fraction of sp³-hybridized carbons (Fsp3) is 0.143. The summed E-state index contributed by atoms with van der Waals surface area (Å²) < 4.78 is 4.89. The Morgan fingerprint density at radius 3 is 2.58 bits per heavy atom. The van der Waals surface area contributed by atoms with E-state index in [1.165, 1.54) is 19.2 Å². The van der Waals surface area contributed by atoms with Crippen molar-refractivity contribution in [3.8, 4) is 5.75 Å². The summed E-state index contributed by atoms with van der Waals surface area (Å²) in [6.45, 7) is 0. The lowest BCUT2D eigenvalue weighted by atomic mass is 9.80. The quantitative estimate of drug-likeness (QED) is 0.388. The van der Waals surface area contributed by atoms with Crippen LogP contribution >= 0.6 is 0 Å². The van der Waals surface area contributed by atoms with Crippen molar-refractivity contribution < 1.29 is 14.8 Å². The molecule has 0 aliphatic carbocycles. The third-order valence-corrected chi connectivity index (χ3v) is 1.56. The van der Waals surface area contributed by atoms with E-state index in [9.17, 15) is 0 Å². The van der Waals surface area contributed by atoms with Crippen LogP contribution in [0.3, 0.4) is 0 Å². The Labute approximate surface area is 70.7 Å². The molecule has 4 nitrogen and oxygen atoms in total. The first kappa shape index (κ1) is 8.90. The van der Waals surface area contributed by atoms with Crippen LogP contribution in [0.1, 0.15) is 0 Å². The first-order chi connectivity index (χ1) is 5.65. The van der Waals surface area contributed by atoms with Crippen molar-refractivity contribution in [3.63, 3.8) is 0 Å². The Hall–Kier alpha value is -1.20. The molecule has 0 heterocycles. The molecule has 0 saturated carbocycles. The molecule has 0 atom stereocenters. The van der Waals surface area contributed by atoms with Crippen molar-refractivity contribution in [2.75, 3.05) is 12.8 Å². The number of rotatable bonds is 2. The van der Waals surface area contributed by atoms with E-state index >= 15 is 0 Å². The van der Waals surface area contributed by atoms with Gasteiger partial charge in [0.05, 0.1) is 12.8 Å². The van der Waals surface area contributed by atoms with Crippen molar-refractivity contribution in [2.45, 2.75) is 0 Å². The standard InChI is InChI=1S/C7H10BNO3/c1-12-7-4-5(8(10)11)2-3-6(7)9/h2-4,10-11H,9H2,1H3. The van der Waals surface area contributed by atoms with Crippen molar-refractivity contribution in [3.05, 3.63) is 18.2 Å². The van der Waals surface area contributed by atoms with Gasteiger partial charge in [-0.25, -0.2) is 0 Å². The molecule has 0 bridgehead atoms. The first-order valence-electron chi connectivity index (χ1n) is 3.44. The second-order valence-corrected chi connectivity index (χ2v) is 2.38. The van der Waals surface area contributed by atoms with Gasteiger partial charge in [0.2, 0.25) is 0 Å². The molecule has 1 rings (SSSR count). The fourth-order valence-electron chi connectivity index (χ4n) is 0.888. The smallest absolute Gasteiger partial charge is 0.488 e. The summed E-state index contributed by atoms with van der Waals surface area (Å²) in [6.07, 6.45) is 0. The summed E-state index contributed by atoms with van der Waals surface area (Å²) in [5, 5.41) is 17.6. The lowest BCUT2D eigenvalue weighted by Gasteiger charge is -2.06. The molecule has 0 amide bonds. The van der Waals surface area contributed by atoms with Crippen LogP contribution in [-0.4, -0.2) is 24.3 Å². The highest BCUT2D eigenvalue weighted by atomic mass is 16.5. The van der Waals surface area contributed by atoms with Gasteiger partial charge in [0.15, 0.2) is 0 Å². The van der Waals surface area contributed by atoms with Gasteiger partial charge in [-0.2, -0.15) is 0 Å². The number of hydrogen-bond donors (Lipinski definition) is 3. The highest BCUT2D eigenvalue weighted by Gasteiger charge is 2.12. The van der Waals surface area contributed by atoms with Crippen LogP contribution in [0.15, 0.2) is 18.2 Å². The maximum absolute atomic E-state index is 8.79. The third kappa shape index (κ3) is 1.69. The van der Waals surface area contributed by atoms with Crippen LogP contribution in [0.4, 0.5) is 5.69 Å². The van der Waals surface area contributed by atoms with Crippen LogP contribution in [0, 0.1) is 0 Å². The Morgan fingerprint density at radius 1 is 1.42 bits per heavy atom. The van der Waals surface area contributed by atoms with E-state index in [2.05, 4.69) is 0 Å². The highest BCUT2D eigenvalue weighted by molar-refractivity contribution is 6.58. The van der Waals surface area contributed by atoms with Crippen LogP contribution < -0.4 is 15.9 Å². The van der Waals surface area contributed by atoms with Gasteiger partial charge >= 0.3 is 7.12 Å². The maximum atomic E-state index is 8.79. The minimum atomic E-state index is -1.49. The summed E-state index contributed by atoms with van der Waals surface area (Å²) in [6, 6.07) is 4.58. The first-order valence-corrected chi connectivity index (χ1v) is 3.44. The zero-order valence-electron chi connectivity index (χ0n) is 6.69. The van der Waals surface area contributed by atoms with Crippen LogP contribution in [0.2, 0.25) is 0 Å². The molecule has 0 radical (unpaired) electrons. The molecule has 1 aromatic carbocycles. The number of benzene rings is 1. The fourth-order valence-corrected chi connectivity index (χ4v) is 0.888. The molecular weight excluding hydrogens is 157 g/mol. The zero-order valence-corrected chi connectivity index (χ0v) is 6.69. The van der Waals surface area contributed by atoms with Gasteiger partial charge in [-0.05, 0) is 17.6 Å². The van der Waals surface area contributed by atoms with Crippen molar-refractivity contribution in [1.29, 1.82) is 0 Å². The largest absolute Gasteiger partial charge is 0.495 e. The molecular formula is C7H10BNO3. The molecule has 0 aromatic heterocycles. The molecule has 5 heteroatoms. The van der Waals surface area contributed by atoms with Crippen LogP contribution in [0.25, 0.3) is 0 Å². The minimum absolute atomic E-state index is 0.362. The number of methoxy groups -OCH3 is 1. The average molecular weight is 167 g/mol. The van der Waals surface area contributed by atoms with Gasteiger partial charge in [-0.3, -0.25) is 0 Å². The zero-order chi connectivity index (χ0) is 9.14. The monoisotopic (exact) mass is 167 g/mol. The molecule has 12 heavy (non-hydrogen) atoms. The Kier molecular flexibility index (Phi) is 2.57. The Balaban J connectivity index is 3.05. The number of hydrogen-bond acceptors (Lipinski definition) is 4. The maximum Gasteiger partial charge on any atom is 0.488 e. The van der Waals surface area contributed by atoms with Gasteiger partial charge in [0.1, 0.15) is 5.75 Å². The molecule has 0 fully saturated rings. The third-order valence-electron chi connectivity index (χ3n) is 1.56. The predicted molar refractivity (Wildman–Crippen MR) is 47.2 cm³/mol. The minimum Gasteiger partial charge on any atom is -0.495 e. The number of ether oxygens (including phenoxy) is 1. The van der Waals surface area contributed by atoms with Crippen molar-refractivity contribution in [2.24, 2.45) is 0 Å². The van der Waals surface area contributed by atoms with E-state index in [0.717, 1.165) is 0 Å². The van der Waals surface area contributed by atoms with Crippen LogP contribution in [0.5, 0.6) is 5.75 Å². The van der Waals surface area contributed by atoms with Gasteiger partial charge in [-0.15, -0.1) is 0 Å². The summed E-state index contributed by atoms with van der Waals surface area (Å²) in [5.41, 5.74) is 6.35. The van der Waals surface area contributed by atoms with Gasteiger partial charge in [-0.1, -0.05) is 6.07 Å². The van der Waals surface area contributed by atoms with Gasteiger partial charge in [0, 0.05) is 0 Å². The molecule has 0 aliphatic rings. The number of anilines is 1. The topological polar surface area (TPSA) is 75.7 Å². The lowest BCUT2D eigenvalue weighted by molar-refractivity contribution is 0.414. The van der Waals surface area contributed by atoms with Gasteiger partial charge in [0.25, 0.3) is 0 Å². The molecule has 4 N–H and O–H groups in total. The number of nitrogens with two attached hydrogens (primary N) is 1. The molecule has 64 valence electrons. The van der Waals surface area contributed by atoms with Gasteiger partial charge < -0.3 is 20.5 Å². The molecule has 0 unspecified atom stereocenters. The predicted octanol–water partition coefficient (Wildman–Crippen LogP) is -1.04. The average Bonchev–Trinajstić information content (AvgIpc) is 2.05. The molecule has 0 saturated heterocycles. The lowest BCUT2D eigenvalue weighted by Crippen LogP contribution is -2.29. The summed E-state index contributed by atoms with van der Waals surface area (Å²) in [7, 11) is -0.0151. The van der Waals surface area contributed by atoms with E-state index in [1.807, 2.05) is 0 Å². The summed E-state index contributed by atoms with van der Waals surface area (Å²) >= 11 is 0. The molecule has 0 aliphatic heterocycles. The van der Waals surface area contributed by atoms with Crippen LogP contribution in [-0.2, 0) is 0 Å². The normalized spacial score (nSPS) is 9.58. The van der Waals surface area contributed by atoms with E-state index < -0.39 is 7.12 Å². The van der Waals surface area contributed by atoms with E-state index in [0.29, 0.717) is 16.9 Å².